The van der Waals surface area contributed by atoms with Crippen molar-refractivity contribution < 1.29 is 18.3 Å². The van der Waals surface area contributed by atoms with Crippen LogP contribution in [-0.4, -0.2) is 25.2 Å². The number of unbranched alkanes of at least 4 members (excludes halogenated alkanes) is 1. The van der Waals surface area contributed by atoms with E-state index in [0.29, 0.717) is 16.9 Å². The fourth-order valence-corrected chi connectivity index (χ4v) is 4.53. The molecule has 0 saturated carbocycles. The highest BCUT2D eigenvalue weighted by Crippen LogP contribution is 2.32. The Balaban J connectivity index is 2.59. The van der Waals surface area contributed by atoms with Crippen molar-refractivity contribution in [3.63, 3.8) is 0 Å². The van der Waals surface area contributed by atoms with Gasteiger partial charge in [-0.1, -0.05) is 43.7 Å². The van der Waals surface area contributed by atoms with Gasteiger partial charge in [-0.3, -0.25) is 0 Å². The topological polar surface area (TPSA) is 97.5 Å². The highest BCUT2D eigenvalue weighted by Gasteiger charge is 2.21. The van der Waals surface area contributed by atoms with Gasteiger partial charge in [-0.05, 0) is 41.9 Å². The number of aromatic carboxylic acids is 1. The molecular formula is C18H21NO4S2. The molecule has 25 heavy (non-hydrogen) atoms. The molecule has 0 bridgehead atoms. The van der Waals surface area contributed by atoms with Crippen LogP contribution in [-0.2, 0) is 16.4 Å². The summed E-state index contributed by atoms with van der Waals surface area (Å²) in [6.07, 6.45) is 2.33. The minimum Gasteiger partial charge on any atom is -0.478 e. The first-order valence-electron chi connectivity index (χ1n) is 7.92. The predicted octanol–water partition coefficient (Wildman–Crippen LogP) is 3.52. The summed E-state index contributed by atoms with van der Waals surface area (Å²) in [6.45, 7) is 2.06. The van der Waals surface area contributed by atoms with Gasteiger partial charge in [-0.15, -0.1) is 11.8 Å². The van der Waals surface area contributed by atoms with E-state index in [1.54, 1.807) is 0 Å². The third-order valence-corrected chi connectivity index (χ3v) is 5.85. The second-order valence-corrected chi connectivity index (χ2v) is 8.33. The lowest BCUT2D eigenvalue weighted by atomic mass is 10.0. The van der Waals surface area contributed by atoms with Crippen molar-refractivity contribution in [3.05, 3.63) is 59.2 Å². The number of benzene rings is 2. The van der Waals surface area contributed by atoms with E-state index in [9.17, 15) is 18.3 Å². The number of carboxylic acid groups (broad SMARTS) is 1. The van der Waals surface area contributed by atoms with E-state index in [4.69, 9.17) is 5.14 Å². The Hall–Kier alpha value is -1.83. The summed E-state index contributed by atoms with van der Waals surface area (Å²) in [6, 6.07) is 12.1. The molecule has 0 heterocycles. The molecule has 0 aliphatic heterocycles. The number of hydrogen-bond donors (Lipinski definition) is 2. The van der Waals surface area contributed by atoms with Gasteiger partial charge >= 0.3 is 5.97 Å². The molecule has 0 saturated heterocycles. The zero-order valence-corrected chi connectivity index (χ0v) is 15.6. The lowest BCUT2D eigenvalue weighted by Crippen LogP contribution is -2.17. The normalized spacial score (nSPS) is 11.4. The van der Waals surface area contributed by atoms with Crippen LogP contribution in [0, 0.1) is 0 Å². The largest absolute Gasteiger partial charge is 0.478 e. The number of rotatable bonds is 8. The minimum atomic E-state index is -4.04. The summed E-state index contributed by atoms with van der Waals surface area (Å²) in [5, 5.41) is 14.7. The van der Waals surface area contributed by atoms with Crippen molar-refractivity contribution in [2.75, 3.05) is 5.75 Å². The second-order valence-electron chi connectivity index (χ2n) is 5.67. The molecular weight excluding hydrogens is 358 g/mol. The molecule has 3 N–H and O–H groups in total. The Bertz CT molecular complexity index is 849. The van der Waals surface area contributed by atoms with Crippen molar-refractivity contribution in [2.45, 2.75) is 36.0 Å². The molecule has 0 aliphatic carbocycles. The number of sulfonamides is 1. The molecule has 134 valence electrons. The summed E-state index contributed by atoms with van der Waals surface area (Å²) in [7, 11) is -4.04. The van der Waals surface area contributed by atoms with Crippen molar-refractivity contribution in [3.8, 4) is 0 Å². The van der Waals surface area contributed by atoms with Gasteiger partial charge in [0.05, 0.1) is 10.5 Å². The van der Waals surface area contributed by atoms with Crippen LogP contribution in [0.3, 0.4) is 0 Å². The monoisotopic (exact) mass is 379 g/mol. The molecule has 0 amide bonds. The summed E-state index contributed by atoms with van der Waals surface area (Å²) in [4.78, 5) is 11.9. The smallest absolute Gasteiger partial charge is 0.335 e. The maximum absolute atomic E-state index is 12.1. The third-order valence-electron chi connectivity index (χ3n) is 3.70. The maximum atomic E-state index is 12.1. The van der Waals surface area contributed by atoms with Crippen molar-refractivity contribution in [1.82, 2.24) is 0 Å². The summed E-state index contributed by atoms with van der Waals surface area (Å²) < 4.78 is 24.2. The second kappa shape index (κ2) is 8.51. The SMILES string of the molecule is CCCCSc1cc(C(=O)O)cc(S(N)(=O)=O)c1Cc1ccccc1. The molecule has 0 radical (unpaired) electrons. The maximum Gasteiger partial charge on any atom is 0.335 e. The quantitative estimate of drug-likeness (QED) is 0.540. The van der Waals surface area contributed by atoms with Crippen LogP contribution in [0.1, 0.15) is 41.3 Å². The van der Waals surface area contributed by atoms with Gasteiger partial charge in [0.15, 0.2) is 0 Å². The lowest BCUT2D eigenvalue weighted by Gasteiger charge is -2.15. The zero-order valence-electron chi connectivity index (χ0n) is 13.9. The van der Waals surface area contributed by atoms with Crippen LogP contribution < -0.4 is 5.14 Å². The van der Waals surface area contributed by atoms with Crippen LogP contribution in [0.25, 0.3) is 0 Å². The van der Waals surface area contributed by atoms with Crippen molar-refractivity contribution in [1.29, 1.82) is 0 Å². The molecule has 7 heteroatoms. The lowest BCUT2D eigenvalue weighted by molar-refractivity contribution is 0.0696. The molecule has 2 rings (SSSR count). The van der Waals surface area contributed by atoms with Gasteiger partial charge in [0, 0.05) is 4.90 Å². The molecule has 0 aromatic heterocycles. The first-order valence-corrected chi connectivity index (χ1v) is 10.5. The predicted molar refractivity (Wildman–Crippen MR) is 99.7 cm³/mol. The molecule has 0 fully saturated rings. The fourth-order valence-electron chi connectivity index (χ4n) is 2.43. The number of primary sulfonamides is 1. The average Bonchev–Trinajstić information content (AvgIpc) is 2.56. The van der Waals surface area contributed by atoms with Gasteiger partial charge in [0.25, 0.3) is 0 Å². The molecule has 2 aromatic rings. The van der Waals surface area contributed by atoms with E-state index in [2.05, 4.69) is 6.92 Å². The molecule has 0 spiro atoms. The summed E-state index contributed by atoms with van der Waals surface area (Å²) >= 11 is 1.47. The zero-order chi connectivity index (χ0) is 18.4. The van der Waals surface area contributed by atoms with Crippen LogP contribution in [0.5, 0.6) is 0 Å². The van der Waals surface area contributed by atoms with E-state index < -0.39 is 16.0 Å². The molecule has 0 unspecified atom stereocenters. The average molecular weight is 380 g/mol. The first-order chi connectivity index (χ1) is 11.8. The Morgan fingerprint density at radius 1 is 1.20 bits per heavy atom. The van der Waals surface area contributed by atoms with Crippen LogP contribution in [0.2, 0.25) is 0 Å². The van der Waals surface area contributed by atoms with E-state index in [1.807, 2.05) is 30.3 Å². The standard InChI is InChI=1S/C18H21NO4S2/c1-2-3-9-24-16-11-14(18(20)21)12-17(25(19,22)23)15(16)10-13-7-5-4-6-8-13/h4-8,11-12H,2-3,9-10H2,1H3,(H,20,21)(H2,19,22,23). The number of nitrogens with two attached hydrogens (primary N) is 1. The molecule has 5 nitrogen and oxygen atoms in total. The van der Waals surface area contributed by atoms with E-state index in [-0.39, 0.29) is 10.5 Å². The van der Waals surface area contributed by atoms with Gasteiger partial charge in [0.2, 0.25) is 10.0 Å². The molecule has 0 aliphatic rings. The van der Waals surface area contributed by atoms with Crippen molar-refractivity contribution in [2.24, 2.45) is 5.14 Å². The Labute approximate surface area is 152 Å². The number of carboxylic acids is 1. The summed E-state index contributed by atoms with van der Waals surface area (Å²) in [5.41, 5.74) is 1.42. The van der Waals surface area contributed by atoms with Crippen LogP contribution >= 0.6 is 11.8 Å². The van der Waals surface area contributed by atoms with Crippen LogP contribution in [0.15, 0.2) is 52.3 Å². The van der Waals surface area contributed by atoms with Gasteiger partial charge < -0.3 is 5.11 Å². The molecule has 0 atom stereocenters. The minimum absolute atomic E-state index is 0.0696. The number of carbonyl (C=O) groups is 1. The van der Waals surface area contributed by atoms with Gasteiger partial charge in [-0.25, -0.2) is 18.4 Å². The van der Waals surface area contributed by atoms with Gasteiger partial charge in [-0.2, -0.15) is 0 Å². The van der Waals surface area contributed by atoms with E-state index in [1.165, 1.54) is 17.8 Å². The Morgan fingerprint density at radius 3 is 2.44 bits per heavy atom. The van der Waals surface area contributed by atoms with Crippen LogP contribution in [0.4, 0.5) is 0 Å². The van der Waals surface area contributed by atoms with Gasteiger partial charge in [0.1, 0.15) is 0 Å². The highest BCUT2D eigenvalue weighted by molar-refractivity contribution is 7.99. The molecule has 2 aromatic carbocycles. The fraction of sp³-hybridized carbons (Fsp3) is 0.278. The number of thioether (sulfide) groups is 1. The van der Waals surface area contributed by atoms with Crippen molar-refractivity contribution >= 4 is 27.8 Å². The summed E-state index contributed by atoms with van der Waals surface area (Å²) in [5.74, 6) is -0.390. The Kier molecular flexibility index (Phi) is 6.64. The van der Waals surface area contributed by atoms with E-state index >= 15 is 0 Å². The number of hydrogen-bond acceptors (Lipinski definition) is 4. The first kappa shape index (κ1) is 19.5. The third kappa shape index (κ3) is 5.32. The Morgan fingerprint density at radius 2 is 1.88 bits per heavy atom. The van der Waals surface area contributed by atoms with E-state index in [0.717, 1.165) is 30.2 Å². The highest BCUT2D eigenvalue weighted by atomic mass is 32.2.